The first-order chi connectivity index (χ1) is 16.1. The van der Waals surface area contributed by atoms with Gasteiger partial charge in [-0.1, -0.05) is 58.5 Å². The molecule has 0 N–H and O–H groups in total. The van der Waals surface area contributed by atoms with Gasteiger partial charge in [0.15, 0.2) is 11.6 Å². The van der Waals surface area contributed by atoms with Crippen molar-refractivity contribution in [2.24, 2.45) is 0 Å². The van der Waals surface area contributed by atoms with Gasteiger partial charge in [0, 0.05) is 22.7 Å². The second-order valence-electron chi connectivity index (χ2n) is 7.54. The lowest BCUT2D eigenvalue weighted by Gasteiger charge is -2.12. The highest BCUT2D eigenvalue weighted by atomic mass is 35.5. The zero-order valence-electron chi connectivity index (χ0n) is 17.4. The molecule has 4 nitrogen and oxygen atoms in total. The van der Waals surface area contributed by atoms with Crippen LogP contribution in [0.1, 0.15) is 16.8 Å². The molecule has 0 atom stereocenters. The number of ether oxygens (including phenoxy) is 1. The standard InChI is InChI=1S/C26H18ClF2N3O/c27-19-12-13-24(33-16-17-6-2-1-3-7-17)18(14-19)15-20-8-4-10-22(30-20)26-31-25-21(28)9-5-11-23(25)32(26)29/h1-14H,15-16H2. The highest BCUT2D eigenvalue weighted by Gasteiger charge is 2.17. The minimum absolute atomic E-state index is 0.0337. The van der Waals surface area contributed by atoms with E-state index >= 15 is 0 Å². The summed E-state index contributed by atoms with van der Waals surface area (Å²) in [6, 6.07) is 24.7. The maximum atomic E-state index is 14.8. The van der Waals surface area contributed by atoms with E-state index in [9.17, 15) is 8.87 Å². The van der Waals surface area contributed by atoms with Crippen molar-refractivity contribution in [1.82, 2.24) is 14.8 Å². The van der Waals surface area contributed by atoms with E-state index in [2.05, 4.69) is 9.97 Å². The molecular formula is C26H18ClF2N3O. The van der Waals surface area contributed by atoms with Gasteiger partial charge >= 0.3 is 0 Å². The zero-order chi connectivity index (χ0) is 22.8. The van der Waals surface area contributed by atoms with Gasteiger partial charge in [0.1, 0.15) is 29.1 Å². The summed E-state index contributed by atoms with van der Waals surface area (Å²) >= 11 is 6.23. The predicted octanol–water partition coefficient (Wildman–Crippen LogP) is 6.79. The van der Waals surface area contributed by atoms with Crippen LogP contribution in [0.15, 0.2) is 84.9 Å². The van der Waals surface area contributed by atoms with Crippen molar-refractivity contribution in [3.8, 4) is 17.3 Å². The molecule has 5 aromatic rings. The van der Waals surface area contributed by atoms with Crippen LogP contribution >= 0.6 is 11.6 Å². The molecule has 0 aliphatic rings. The van der Waals surface area contributed by atoms with Gasteiger partial charge in [-0.25, -0.2) is 14.4 Å². The van der Waals surface area contributed by atoms with Crippen molar-refractivity contribution in [1.29, 1.82) is 0 Å². The molecule has 3 aromatic carbocycles. The van der Waals surface area contributed by atoms with Gasteiger partial charge in [0.2, 0.25) is 0 Å². The summed E-state index contributed by atoms with van der Waals surface area (Å²) in [5, 5.41) is 0.578. The average molecular weight is 462 g/mol. The molecule has 7 heteroatoms. The third-order valence-electron chi connectivity index (χ3n) is 5.25. The van der Waals surface area contributed by atoms with E-state index in [0.717, 1.165) is 11.1 Å². The normalized spacial score (nSPS) is 11.1. The molecule has 0 saturated carbocycles. The number of aromatic nitrogens is 3. The predicted molar refractivity (Wildman–Crippen MR) is 124 cm³/mol. The third-order valence-corrected chi connectivity index (χ3v) is 5.48. The Morgan fingerprint density at radius 2 is 1.70 bits per heavy atom. The molecule has 0 amide bonds. The zero-order valence-corrected chi connectivity index (χ0v) is 18.1. The molecule has 2 heterocycles. The number of imidazole rings is 1. The Labute approximate surface area is 194 Å². The quantitative estimate of drug-likeness (QED) is 0.279. The smallest absolute Gasteiger partial charge is 0.189 e. The van der Waals surface area contributed by atoms with Crippen LogP contribution in [0.25, 0.3) is 22.6 Å². The molecular weight excluding hydrogens is 444 g/mol. The van der Waals surface area contributed by atoms with E-state index in [1.54, 1.807) is 18.2 Å². The summed E-state index contributed by atoms with van der Waals surface area (Å²) in [4.78, 5) is 9.06. The lowest BCUT2D eigenvalue weighted by atomic mass is 10.1. The number of fused-ring (bicyclic) bond motifs is 1. The summed E-state index contributed by atoms with van der Waals surface area (Å²) in [5.74, 6) is 0.0549. The van der Waals surface area contributed by atoms with Crippen molar-refractivity contribution in [2.75, 3.05) is 0 Å². The Morgan fingerprint density at radius 1 is 0.879 bits per heavy atom. The fourth-order valence-electron chi connectivity index (χ4n) is 3.65. The van der Waals surface area contributed by atoms with Gasteiger partial charge in [0.25, 0.3) is 0 Å². The molecule has 5 rings (SSSR count). The van der Waals surface area contributed by atoms with Gasteiger partial charge in [-0.2, -0.15) is 4.79 Å². The minimum Gasteiger partial charge on any atom is -0.489 e. The van der Waals surface area contributed by atoms with Gasteiger partial charge in [-0.3, -0.25) is 0 Å². The van der Waals surface area contributed by atoms with Crippen LogP contribution in [0.3, 0.4) is 0 Å². The number of benzene rings is 3. The maximum absolute atomic E-state index is 14.8. The van der Waals surface area contributed by atoms with Crippen molar-refractivity contribution in [3.05, 3.63) is 113 Å². The van der Waals surface area contributed by atoms with Crippen molar-refractivity contribution in [2.45, 2.75) is 13.0 Å². The molecule has 0 spiro atoms. The Bertz CT molecular complexity index is 1440. The van der Waals surface area contributed by atoms with Gasteiger partial charge < -0.3 is 4.74 Å². The maximum Gasteiger partial charge on any atom is 0.189 e. The van der Waals surface area contributed by atoms with E-state index < -0.39 is 5.82 Å². The van der Waals surface area contributed by atoms with Gasteiger partial charge in [-0.05, 0) is 48.0 Å². The molecule has 0 fully saturated rings. The van der Waals surface area contributed by atoms with Crippen molar-refractivity contribution < 1.29 is 13.6 Å². The average Bonchev–Trinajstić information content (AvgIpc) is 3.17. The van der Waals surface area contributed by atoms with Crippen LogP contribution in [0.4, 0.5) is 8.87 Å². The van der Waals surface area contributed by atoms with Gasteiger partial charge in [-0.15, -0.1) is 0 Å². The molecule has 164 valence electrons. The van der Waals surface area contributed by atoms with Crippen LogP contribution in [0, 0.1) is 5.82 Å². The fraction of sp³-hybridized carbons (Fsp3) is 0.0769. The minimum atomic E-state index is -0.583. The highest BCUT2D eigenvalue weighted by Crippen LogP contribution is 2.28. The van der Waals surface area contributed by atoms with E-state index in [1.165, 1.54) is 18.2 Å². The van der Waals surface area contributed by atoms with Crippen molar-refractivity contribution in [3.63, 3.8) is 0 Å². The second-order valence-corrected chi connectivity index (χ2v) is 7.98. The lowest BCUT2D eigenvalue weighted by Crippen LogP contribution is -2.01. The topological polar surface area (TPSA) is 39.9 Å². The number of rotatable bonds is 6. The summed E-state index contributed by atoms with van der Waals surface area (Å²) in [6.07, 6.45) is 0.416. The van der Waals surface area contributed by atoms with Crippen LogP contribution in [-0.2, 0) is 13.0 Å². The number of hydrogen-bond acceptors (Lipinski definition) is 3. The molecule has 0 bridgehead atoms. The highest BCUT2D eigenvalue weighted by molar-refractivity contribution is 6.30. The Morgan fingerprint density at radius 3 is 2.52 bits per heavy atom. The summed E-state index contributed by atoms with van der Waals surface area (Å²) in [7, 11) is 0. The largest absolute Gasteiger partial charge is 0.489 e. The van der Waals surface area contributed by atoms with Crippen LogP contribution in [0.2, 0.25) is 5.02 Å². The summed E-state index contributed by atoms with van der Waals surface area (Å²) in [5.41, 5.74) is 2.90. The number of hydrogen-bond donors (Lipinski definition) is 0. The number of para-hydroxylation sites is 1. The molecule has 0 aliphatic heterocycles. The second kappa shape index (κ2) is 9.00. The van der Waals surface area contributed by atoms with E-state index in [1.807, 2.05) is 48.5 Å². The third kappa shape index (κ3) is 4.43. The Balaban J connectivity index is 1.44. The molecule has 0 radical (unpaired) electrons. The first kappa shape index (κ1) is 21.1. The monoisotopic (exact) mass is 461 g/mol. The summed E-state index contributed by atoms with van der Waals surface area (Å²) < 4.78 is 34.9. The molecule has 0 saturated heterocycles. The van der Waals surface area contributed by atoms with Crippen LogP contribution in [-0.4, -0.2) is 14.8 Å². The van der Waals surface area contributed by atoms with E-state index in [-0.39, 0.29) is 16.9 Å². The Hall–Kier alpha value is -3.77. The molecule has 0 unspecified atom stereocenters. The Kier molecular flexibility index (Phi) is 5.75. The van der Waals surface area contributed by atoms with E-state index in [0.29, 0.717) is 40.0 Å². The van der Waals surface area contributed by atoms with E-state index in [4.69, 9.17) is 16.3 Å². The van der Waals surface area contributed by atoms with Gasteiger partial charge in [0.05, 0.1) is 0 Å². The fourth-order valence-corrected chi connectivity index (χ4v) is 3.85. The SMILES string of the molecule is Fc1cccc2c1nc(-c1cccc(Cc3cc(Cl)ccc3OCc3ccccc3)n1)n2F. The molecule has 33 heavy (non-hydrogen) atoms. The molecule has 0 aliphatic carbocycles. The number of pyridine rings is 1. The lowest BCUT2D eigenvalue weighted by molar-refractivity contribution is 0.303. The van der Waals surface area contributed by atoms with Crippen molar-refractivity contribution >= 4 is 22.6 Å². The molecule has 2 aromatic heterocycles. The first-order valence-electron chi connectivity index (χ1n) is 10.3. The summed E-state index contributed by atoms with van der Waals surface area (Å²) in [6.45, 7) is 0.417. The number of halogens is 3. The first-order valence-corrected chi connectivity index (χ1v) is 10.7. The van der Waals surface area contributed by atoms with Crippen LogP contribution in [0.5, 0.6) is 5.75 Å². The number of nitrogens with zero attached hydrogens (tertiary/aromatic N) is 3. The van der Waals surface area contributed by atoms with Crippen LogP contribution < -0.4 is 4.74 Å².